The number of hydrazone groups is 1. The highest BCUT2D eigenvalue weighted by Gasteiger charge is 2.14. The first-order chi connectivity index (χ1) is 14.2. The lowest BCUT2D eigenvalue weighted by Crippen LogP contribution is -2.21. The molecule has 0 saturated heterocycles. The number of nitrogens with zero attached hydrogens (tertiary/aromatic N) is 2. The molecule has 11 heteroatoms. The van der Waals surface area contributed by atoms with Crippen LogP contribution in [0.3, 0.4) is 0 Å². The van der Waals surface area contributed by atoms with Crippen molar-refractivity contribution in [2.75, 3.05) is 19.5 Å². The van der Waals surface area contributed by atoms with Gasteiger partial charge in [0.15, 0.2) is 0 Å². The van der Waals surface area contributed by atoms with Crippen molar-refractivity contribution in [3.05, 3.63) is 57.1 Å². The summed E-state index contributed by atoms with van der Waals surface area (Å²) in [5.74, 6) is -0.235. The number of non-ortho nitro benzene ring substituents is 1. The lowest BCUT2D eigenvalue weighted by molar-refractivity contribution is -0.384. The average Bonchev–Trinajstić information content (AvgIpc) is 2.72. The molecule has 2 amide bonds. The van der Waals surface area contributed by atoms with Gasteiger partial charge in [-0.15, -0.1) is 0 Å². The first-order valence-corrected chi connectivity index (χ1v) is 8.92. The fourth-order valence-electron chi connectivity index (χ4n) is 2.37. The molecule has 0 aliphatic carbocycles. The lowest BCUT2D eigenvalue weighted by atomic mass is 10.2. The average molecular weight is 435 g/mol. The standard InChI is InChI=1S/C19H19ClN4O6/c1-11(22-23-19(26)12-4-6-13(7-5-12)24(27)28)8-18(25)21-15-10-16(29-2)14(20)9-17(15)30-3/h4-7,9-10H,8H2,1-3H3,(H,21,25)(H,23,26). The van der Waals surface area contributed by atoms with E-state index in [9.17, 15) is 19.7 Å². The summed E-state index contributed by atoms with van der Waals surface area (Å²) in [6.07, 6.45) is -0.103. The summed E-state index contributed by atoms with van der Waals surface area (Å²) >= 11 is 6.04. The van der Waals surface area contributed by atoms with E-state index < -0.39 is 16.7 Å². The Hall–Kier alpha value is -3.66. The van der Waals surface area contributed by atoms with Gasteiger partial charge in [-0.05, 0) is 19.1 Å². The molecule has 0 bridgehead atoms. The molecule has 2 aromatic rings. The molecule has 0 heterocycles. The summed E-state index contributed by atoms with van der Waals surface area (Å²) in [7, 11) is 2.89. The van der Waals surface area contributed by atoms with Crippen molar-refractivity contribution in [1.82, 2.24) is 5.43 Å². The predicted molar refractivity (Wildman–Crippen MR) is 111 cm³/mol. The minimum absolute atomic E-state index is 0.103. The van der Waals surface area contributed by atoms with Crippen LogP contribution in [0.2, 0.25) is 5.02 Å². The van der Waals surface area contributed by atoms with Gasteiger partial charge in [-0.3, -0.25) is 19.7 Å². The number of anilines is 1. The zero-order valence-electron chi connectivity index (χ0n) is 16.4. The van der Waals surface area contributed by atoms with Crippen molar-refractivity contribution in [3.8, 4) is 11.5 Å². The maximum atomic E-state index is 12.3. The van der Waals surface area contributed by atoms with Gasteiger partial charge in [-0.2, -0.15) is 5.10 Å². The van der Waals surface area contributed by atoms with Crippen LogP contribution in [0.4, 0.5) is 11.4 Å². The van der Waals surface area contributed by atoms with Crippen LogP contribution >= 0.6 is 11.6 Å². The van der Waals surface area contributed by atoms with E-state index in [-0.39, 0.29) is 17.7 Å². The van der Waals surface area contributed by atoms with Gasteiger partial charge in [-0.25, -0.2) is 5.43 Å². The van der Waals surface area contributed by atoms with E-state index in [1.807, 2.05) is 0 Å². The quantitative estimate of drug-likeness (QED) is 0.371. The fraction of sp³-hybridized carbons (Fsp3) is 0.211. The molecule has 0 fully saturated rings. The normalized spacial score (nSPS) is 10.9. The van der Waals surface area contributed by atoms with Crippen LogP contribution in [0.5, 0.6) is 11.5 Å². The molecule has 0 aromatic heterocycles. The van der Waals surface area contributed by atoms with Crippen molar-refractivity contribution >= 4 is 40.5 Å². The first kappa shape index (κ1) is 22.6. The number of hydrogen-bond donors (Lipinski definition) is 2. The zero-order valence-corrected chi connectivity index (χ0v) is 17.1. The van der Waals surface area contributed by atoms with E-state index >= 15 is 0 Å². The Bertz CT molecular complexity index is 991. The Labute approximate surface area is 177 Å². The summed E-state index contributed by atoms with van der Waals surface area (Å²) < 4.78 is 10.3. The SMILES string of the molecule is COc1cc(NC(=O)CC(C)=NNC(=O)c2ccc([N+](=O)[O-])cc2)c(OC)cc1Cl. The van der Waals surface area contributed by atoms with Crippen LogP contribution in [0, 0.1) is 10.1 Å². The molecular weight excluding hydrogens is 416 g/mol. The van der Waals surface area contributed by atoms with Crippen LogP contribution in [-0.4, -0.2) is 36.7 Å². The largest absolute Gasteiger partial charge is 0.495 e. The van der Waals surface area contributed by atoms with Crippen LogP contribution in [-0.2, 0) is 4.79 Å². The molecule has 0 aliphatic heterocycles. The number of rotatable bonds is 8. The summed E-state index contributed by atoms with van der Waals surface area (Å²) in [6, 6.07) is 8.10. The number of benzene rings is 2. The number of ether oxygens (including phenoxy) is 2. The van der Waals surface area contributed by atoms with E-state index in [1.54, 1.807) is 6.92 Å². The highest BCUT2D eigenvalue weighted by atomic mass is 35.5. The van der Waals surface area contributed by atoms with E-state index in [0.29, 0.717) is 27.9 Å². The van der Waals surface area contributed by atoms with Crippen molar-refractivity contribution in [1.29, 1.82) is 0 Å². The van der Waals surface area contributed by atoms with Crippen LogP contribution < -0.4 is 20.2 Å². The Balaban J connectivity index is 1.99. The van der Waals surface area contributed by atoms with Crippen LogP contribution in [0.15, 0.2) is 41.5 Å². The Morgan fingerprint density at radius 3 is 2.33 bits per heavy atom. The van der Waals surface area contributed by atoms with Crippen LogP contribution in [0.1, 0.15) is 23.7 Å². The molecular formula is C19H19ClN4O6. The van der Waals surface area contributed by atoms with E-state index in [1.165, 1.54) is 50.6 Å². The number of nitro groups is 1. The van der Waals surface area contributed by atoms with Gasteiger partial charge < -0.3 is 14.8 Å². The number of nitro benzene ring substituents is 1. The Morgan fingerprint density at radius 1 is 1.13 bits per heavy atom. The molecule has 0 aliphatic rings. The van der Waals surface area contributed by atoms with Crippen molar-refractivity contribution < 1.29 is 24.0 Å². The first-order valence-electron chi connectivity index (χ1n) is 8.54. The van der Waals surface area contributed by atoms with Gasteiger partial charge in [0.1, 0.15) is 11.5 Å². The maximum Gasteiger partial charge on any atom is 0.271 e. The number of hydrogen-bond acceptors (Lipinski definition) is 7. The van der Waals surface area contributed by atoms with Gasteiger partial charge in [0.25, 0.3) is 11.6 Å². The third kappa shape index (κ3) is 5.92. The lowest BCUT2D eigenvalue weighted by Gasteiger charge is -2.13. The molecule has 10 nitrogen and oxygen atoms in total. The minimum atomic E-state index is -0.562. The van der Waals surface area contributed by atoms with Crippen molar-refractivity contribution in [2.45, 2.75) is 13.3 Å². The van der Waals surface area contributed by atoms with E-state index in [0.717, 1.165) is 0 Å². The van der Waals surface area contributed by atoms with Gasteiger partial charge in [0, 0.05) is 35.5 Å². The van der Waals surface area contributed by atoms with Crippen molar-refractivity contribution in [2.24, 2.45) is 5.10 Å². The molecule has 0 saturated carbocycles. The minimum Gasteiger partial charge on any atom is -0.495 e. The summed E-state index contributed by atoms with van der Waals surface area (Å²) in [5.41, 5.74) is 3.07. The number of carbonyl (C=O) groups excluding carboxylic acids is 2. The molecule has 0 atom stereocenters. The third-order valence-electron chi connectivity index (χ3n) is 3.85. The molecule has 158 valence electrons. The predicted octanol–water partition coefficient (Wildman–Crippen LogP) is 3.40. The number of carbonyl (C=O) groups is 2. The maximum absolute atomic E-state index is 12.3. The molecule has 0 spiro atoms. The summed E-state index contributed by atoms with van der Waals surface area (Å²) in [6.45, 7) is 1.56. The molecule has 2 N–H and O–H groups in total. The molecule has 2 rings (SSSR count). The van der Waals surface area contributed by atoms with Gasteiger partial charge in [0.05, 0.1) is 36.3 Å². The van der Waals surface area contributed by atoms with E-state index in [4.69, 9.17) is 21.1 Å². The molecule has 2 aromatic carbocycles. The highest BCUT2D eigenvalue weighted by Crippen LogP contribution is 2.35. The summed E-state index contributed by atoms with van der Waals surface area (Å²) in [5, 5.41) is 17.5. The second kappa shape index (κ2) is 10.2. The highest BCUT2D eigenvalue weighted by molar-refractivity contribution is 6.32. The molecule has 0 radical (unpaired) electrons. The zero-order chi connectivity index (χ0) is 22.3. The van der Waals surface area contributed by atoms with Crippen LogP contribution in [0.25, 0.3) is 0 Å². The molecule has 0 unspecified atom stereocenters. The Morgan fingerprint density at radius 2 is 1.77 bits per heavy atom. The number of halogens is 1. The van der Waals surface area contributed by atoms with E-state index in [2.05, 4.69) is 15.8 Å². The number of nitrogens with one attached hydrogen (secondary N) is 2. The fourth-order valence-corrected chi connectivity index (χ4v) is 2.60. The smallest absolute Gasteiger partial charge is 0.271 e. The van der Waals surface area contributed by atoms with Crippen molar-refractivity contribution in [3.63, 3.8) is 0 Å². The second-order valence-electron chi connectivity index (χ2n) is 6.00. The molecule has 30 heavy (non-hydrogen) atoms. The number of amides is 2. The van der Waals surface area contributed by atoms with Gasteiger partial charge in [-0.1, -0.05) is 11.6 Å². The third-order valence-corrected chi connectivity index (χ3v) is 4.15. The van der Waals surface area contributed by atoms with Gasteiger partial charge in [0.2, 0.25) is 5.91 Å². The summed E-state index contributed by atoms with van der Waals surface area (Å²) in [4.78, 5) is 34.4. The van der Waals surface area contributed by atoms with Gasteiger partial charge >= 0.3 is 0 Å². The monoisotopic (exact) mass is 434 g/mol. The number of methoxy groups -OCH3 is 2. The Kier molecular flexibility index (Phi) is 7.70. The topological polar surface area (TPSA) is 132 Å². The second-order valence-corrected chi connectivity index (χ2v) is 6.41.